The first-order chi connectivity index (χ1) is 8.54. The molecule has 1 aliphatic heterocycles. The van der Waals surface area contributed by atoms with Crippen LogP contribution in [0.3, 0.4) is 0 Å². The standard InChI is InChI=1S/C12H24N2O3S/c1-10(8-13-11-5-6-11)18(15,16)14-7-3-4-12(9-14)17-2/h10-13H,3-9H2,1-2H3. The van der Waals surface area contributed by atoms with Crippen LogP contribution in [-0.2, 0) is 14.8 Å². The number of methoxy groups -OCH3 is 1. The van der Waals surface area contributed by atoms with E-state index < -0.39 is 10.0 Å². The summed E-state index contributed by atoms with van der Waals surface area (Å²) >= 11 is 0. The van der Waals surface area contributed by atoms with Crippen molar-refractivity contribution in [1.82, 2.24) is 9.62 Å². The van der Waals surface area contributed by atoms with Gasteiger partial charge in [0, 0.05) is 32.8 Å². The Hall–Kier alpha value is -0.170. The van der Waals surface area contributed by atoms with Gasteiger partial charge >= 0.3 is 0 Å². The van der Waals surface area contributed by atoms with Gasteiger partial charge in [0.25, 0.3) is 0 Å². The van der Waals surface area contributed by atoms with Gasteiger partial charge < -0.3 is 10.1 Å². The average Bonchev–Trinajstić information content (AvgIpc) is 3.20. The molecule has 2 rings (SSSR count). The van der Waals surface area contributed by atoms with Crippen molar-refractivity contribution in [2.45, 2.75) is 50.0 Å². The second-order valence-corrected chi connectivity index (χ2v) is 7.75. The van der Waals surface area contributed by atoms with Crippen LogP contribution >= 0.6 is 0 Å². The first-order valence-corrected chi connectivity index (χ1v) is 8.29. The molecule has 6 heteroatoms. The number of ether oxygens (including phenoxy) is 1. The number of hydrogen-bond donors (Lipinski definition) is 1. The Morgan fingerprint density at radius 3 is 2.72 bits per heavy atom. The van der Waals surface area contributed by atoms with E-state index in [1.54, 1.807) is 18.3 Å². The lowest BCUT2D eigenvalue weighted by Gasteiger charge is -2.33. The van der Waals surface area contributed by atoms with Crippen molar-refractivity contribution in [3.63, 3.8) is 0 Å². The van der Waals surface area contributed by atoms with Crippen molar-refractivity contribution < 1.29 is 13.2 Å². The SMILES string of the molecule is COC1CCCN(S(=O)(=O)C(C)CNC2CC2)C1. The molecule has 0 amide bonds. The van der Waals surface area contributed by atoms with Crippen molar-refractivity contribution in [2.24, 2.45) is 0 Å². The molecule has 0 aromatic heterocycles. The lowest BCUT2D eigenvalue weighted by molar-refractivity contribution is 0.0569. The average molecular weight is 276 g/mol. The zero-order valence-corrected chi connectivity index (χ0v) is 12.1. The van der Waals surface area contributed by atoms with Crippen LogP contribution in [-0.4, -0.2) is 56.9 Å². The van der Waals surface area contributed by atoms with Crippen LogP contribution in [0, 0.1) is 0 Å². The summed E-state index contributed by atoms with van der Waals surface area (Å²) in [7, 11) is -1.53. The summed E-state index contributed by atoms with van der Waals surface area (Å²) in [6.45, 7) is 3.49. The molecule has 5 nitrogen and oxygen atoms in total. The van der Waals surface area contributed by atoms with E-state index in [4.69, 9.17) is 4.74 Å². The highest BCUT2D eigenvalue weighted by molar-refractivity contribution is 7.89. The Balaban J connectivity index is 1.90. The van der Waals surface area contributed by atoms with Gasteiger partial charge in [0.15, 0.2) is 0 Å². The van der Waals surface area contributed by atoms with E-state index in [1.807, 2.05) is 0 Å². The number of hydrogen-bond acceptors (Lipinski definition) is 4. The van der Waals surface area contributed by atoms with Crippen LogP contribution in [0.5, 0.6) is 0 Å². The zero-order valence-electron chi connectivity index (χ0n) is 11.3. The minimum atomic E-state index is -3.18. The van der Waals surface area contributed by atoms with E-state index in [-0.39, 0.29) is 11.4 Å². The normalized spacial score (nSPS) is 28.2. The first-order valence-electron chi connectivity index (χ1n) is 6.79. The van der Waals surface area contributed by atoms with Crippen LogP contribution in [0.4, 0.5) is 0 Å². The molecule has 0 bridgehead atoms. The third-order valence-corrected chi connectivity index (χ3v) is 6.05. The smallest absolute Gasteiger partial charge is 0.218 e. The van der Waals surface area contributed by atoms with Gasteiger partial charge in [-0.05, 0) is 32.6 Å². The van der Waals surface area contributed by atoms with Gasteiger partial charge in [-0.25, -0.2) is 8.42 Å². The minimum Gasteiger partial charge on any atom is -0.380 e. The molecule has 1 aliphatic carbocycles. The molecule has 18 heavy (non-hydrogen) atoms. The second kappa shape index (κ2) is 5.86. The summed E-state index contributed by atoms with van der Waals surface area (Å²) in [6.07, 6.45) is 4.26. The summed E-state index contributed by atoms with van der Waals surface area (Å²) in [6, 6.07) is 0.552. The summed E-state index contributed by atoms with van der Waals surface area (Å²) in [5.74, 6) is 0. The highest BCUT2D eigenvalue weighted by atomic mass is 32.2. The molecular weight excluding hydrogens is 252 g/mol. The van der Waals surface area contributed by atoms with E-state index in [0.29, 0.717) is 25.7 Å². The van der Waals surface area contributed by atoms with Crippen molar-refractivity contribution >= 4 is 10.0 Å². The summed E-state index contributed by atoms with van der Waals surface area (Å²) in [5, 5.41) is 2.94. The van der Waals surface area contributed by atoms with Gasteiger partial charge in [-0.2, -0.15) is 4.31 Å². The number of nitrogens with one attached hydrogen (secondary N) is 1. The van der Waals surface area contributed by atoms with Gasteiger partial charge in [-0.15, -0.1) is 0 Å². The molecule has 2 unspecified atom stereocenters. The van der Waals surface area contributed by atoms with Crippen molar-refractivity contribution in [1.29, 1.82) is 0 Å². The third-order valence-electron chi connectivity index (χ3n) is 3.81. The highest BCUT2D eigenvalue weighted by Gasteiger charge is 2.33. The maximum absolute atomic E-state index is 12.4. The topological polar surface area (TPSA) is 58.6 Å². The van der Waals surface area contributed by atoms with Crippen LogP contribution in [0.1, 0.15) is 32.6 Å². The van der Waals surface area contributed by atoms with Crippen LogP contribution in [0.15, 0.2) is 0 Å². The highest BCUT2D eigenvalue weighted by Crippen LogP contribution is 2.21. The molecule has 0 spiro atoms. The van der Waals surface area contributed by atoms with Crippen LogP contribution < -0.4 is 5.32 Å². The maximum atomic E-state index is 12.4. The predicted octanol–water partition coefficient (Wildman–Crippen LogP) is 0.568. The van der Waals surface area contributed by atoms with E-state index >= 15 is 0 Å². The number of rotatable bonds is 6. The fourth-order valence-corrected chi connectivity index (χ4v) is 3.88. The minimum absolute atomic E-state index is 0.0529. The van der Waals surface area contributed by atoms with Crippen molar-refractivity contribution in [3.8, 4) is 0 Å². The quantitative estimate of drug-likeness (QED) is 0.770. The Labute approximate surface area is 110 Å². The maximum Gasteiger partial charge on any atom is 0.218 e. The van der Waals surface area contributed by atoms with Gasteiger partial charge in [-0.3, -0.25) is 0 Å². The van der Waals surface area contributed by atoms with E-state index in [9.17, 15) is 8.42 Å². The fourth-order valence-electron chi connectivity index (χ4n) is 2.31. The molecule has 106 valence electrons. The largest absolute Gasteiger partial charge is 0.380 e. The molecule has 1 saturated carbocycles. The van der Waals surface area contributed by atoms with Crippen LogP contribution in [0.2, 0.25) is 0 Å². The van der Waals surface area contributed by atoms with Crippen LogP contribution in [0.25, 0.3) is 0 Å². The lowest BCUT2D eigenvalue weighted by atomic mass is 10.1. The summed E-state index contributed by atoms with van der Waals surface area (Å²) < 4.78 is 31.7. The van der Waals surface area contributed by atoms with Crippen molar-refractivity contribution in [2.75, 3.05) is 26.7 Å². The number of piperidine rings is 1. The van der Waals surface area contributed by atoms with Gasteiger partial charge in [0.05, 0.1) is 11.4 Å². The lowest BCUT2D eigenvalue weighted by Crippen LogP contribution is -2.48. The molecule has 2 fully saturated rings. The number of sulfonamides is 1. The Kier molecular flexibility index (Phi) is 4.64. The third kappa shape index (κ3) is 3.44. The second-order valence-electron chi connectivity index (χ2n) is 5.40. The summed E-state index contributed by atoms with van der Waals surface area (Å²) in [4.78, 5) is 0. The molecule has 0 aromatic rings. The fraction of sp³-hybridized carbons (Fsp3) is 1.00. The summed E-state index contributed by atoms with van der Waals surface area (Å²) in [5.41, 5.74) is 0. The Morgan fingerprint density at radius 2 is 2.11 bits per heavy atom. The molecule has 1 N–H and O–H groups in total. The Bertz CT molecular complexity index is 368. The van der Waals surface area contributed by atoms with Gasteiger partial charge in [0.1, 0.15) is 0 Å². The molecule has 0 radical (unpaired) electrons. The molecule has 0 aromatic carbocycles. The molecule has 1 saturated heterocycles. The molecule has 1 heterocycles. The van der Waals surface area contributed by atoms with Gasteiger partial charge in [-0.1, -0.05) is 0 Å². The molecular formula is C12H24N2O3S. The monoisotopic (exact) mass is 276 g/mol. The first kappa shape index (κ1) is 14.2. The van der Waals surface area contributed by atoms with Gasteiger partial charge in [0.2, 0.25) is 10.0 Å². The predicted molar refractivity (Wildman–Crippen MR) is 71.0 cm³/mol. The zero-order chi connectivity index (χ0) is 13.2. The van der Waals surface area contributed by atoms with E-state index in [0.717, 1.165) is 12.8 Å². The van der Waals surface area contributed by atoms with Crippen molar-refractivity contribution in [3.05, 3.63) is 0 Å². The molecule has 2 aliphatic rings. The van der Waals surface area contributed by atoms with E-state index in [2.05, 4.69) is 5.32 Å². The molecule has 2 atom stereocenters. The number of nitrogens with zero attached hydrogens (tertiary/aromatic N) is 1. The Morgan fingerprint density at radius 1 is 1.39 bits per heavy atom. The van der Waals surface area contributed by atoms with E-state index in [1.165, 1.54) is 12.8 Å².